The second kappa shape index (κ2) is 4.40. The third-order valence-corrected chi connectivity index (χ3v) is 3.59. The number of hydrogen-bond donors (Lipinski definition) is 1. The lowest BCUT2D eigenvalue weighted by Gasteiger charge is -2.30. The number of amides is 1. The van der Waals surface area contributed by atoms with Crippen LogP contribution >= 0.6 is 0 Å². The quantitative estimate of drug-likeness (QED) is 0.832. The lowest BCUT2D eigenvalue weighted by molar-refractivity contribution is 0.0697. The molecule has 2 aromatic rings. The van der Waals surface area contributed by atoms with Crippen molar-refractivity contribution < 1.29 is 4.79 Å². The van der Waals surface area contributed by atoms with E-state index >= 15 is 0 Å². The smallest absolute Gasteiger partial charge is 0.255 e. The number of hydrogen-bond acceptors (Lipinski definition) is 3. The Morgan fingerprint density at radius 2 is 2.17 bits per heavy atom. The number of nitrogens with one attached hydrogen (secondary N) is 1. The fourth-order valence-corrected chi connectivity index (χ4v) is 2.34. The van der Waals surface area contributed by atoms with Crippen molar-refractivity contribution in [2.75, 3.05) is 13.1 Å². The number of carbonyl (C=O) groups is 1. The largest absolute Gasteiger partial charge is 0.343 e. The van der Waals surface area contributed by atoms with E-state index in [9.17, 15) is 4.79 Å². The summed E-state index contributed by atoms with van der Waals surface area (Å²) in [5.74, 6) is 0.799. The van der Waals surface area contributed by atoms with Crippen molar-refractivity contribution >= 4 is 17.1 Å². The minimum Gasteiger partial charge on any atom is -0.343 e. The molecule has 5 nitrogen and oxygen atoms in total. The first-order chi connectivity index (χ1) is 8.74. The highest BCUT2D eigenvalue weighted by Gasteiger charge is 2.21. The average molecular weight is 244 g/mol. The Balaban J connectivity index is 1.82. The van der Waals surface area contributed by atoms with Crippen molar-refractivity contribution in [2.24, 2.45) is 5.92 Å². The number of carbonyl (C=O) groups excluding carboxylic acids is 1. The number of pyridine rings is 1. The Hall–Kier alpha value is -1.91. The first-order valence-corrected chi connectivity index (χ1v) is 6.32. The van der Waals surface area contributed by atoms with Crippen molar-refractivity contribution in [3.8, 4) is 0 Å². The van der Waals surface area contributed by atoms with E-state index < -0.39 is 0 Å². The van der Waals surface area contributed by atoms with Crippen LogP contribution in [0.3, 0.4) is 0 Å². The molecule has 3 heterocycles. The van der Waals surface area contributed by atoms with Gasteiger partial charge < -0.3 is 9.88 Å². The molecular weight excluding hydrogens is 228 g/mol. The molecule has 0 unspecified atom stereocenters. The van der Waals surface area contributed by atoms with Gasteiger partial charge in [-0.05, 0) is 24.8 Å². The molecule has 1 saturated heterocycles. The normalized spacial score (nSPS) is 17.3. The molecule has 0 bridgehead atoms. The Kier molecular flexibility index (Phi) is 2.74. The molecule has 1 aliphatic heterocycles. The van der Waals surface area contributed by atoms with E-state index in [1.807, 2.05) is 11.0 Å². The van der Waals surface area contributed by atoms with E-state index in [1.165, 1.54) is 0 Å². The van der Waals surface area contributed by atoms with Gasteiger partial charge >= 0.3 is 0 Å². The van der Waals surface area contributed by atoms with Crippen LogP contribution in [0.4, 0.5) is 0 Å². The molecule has 0 spiro atoms. The molecule has 3 rings (SSSR count). The third-order valence-electron chi connectivity index (χ3n) is 3.59. The maximum atomic E-state index is 12.3. The number of nitrogens with zero attached hydrogens (tertiary/aromatic N) is 3. The summed E-state index contributed by atoms with van der Waals surface area (Å²) in [6.45, 7) is 3.93. The van der Waals surface area contributed by atoms with Gasteiger partial charge in [-0.15, -0.1) is 0 Å². The molecule has 0 atom stereocenters. The van der Waals surface area contributed by atoms with Crippen LogP contribution in [0.15, 0.2) is 18.6 Å². The minimum atomic E-state index is 0.0749. The van der Waals surface area contributed by atoms with E-state index in [0.29, 0.717) is 11.2 Å². The summed E-state index contributed by atoms with van der Waals surface area (Å²) in [6.07, 6.45) is 5.38. The zero-order valence-corrected chi connectivity index (χ0v) is 10.4. The van der Waals surface area contributed by atoms with Gasteiger partial charge in [-0.1, -0.05) is 6.92 Å². The van der Waals surface area contributed by atoms with Gasteiger partial charge in [0.1, 0.15) is 0 Å². The van der Waals surface area contributed by atoms with Crippen LogP contribution in [0.1, 0.15) is 30.1 Å². The van der Waals surface area contributed by atoms with Crippen LogP contribution in [0, 0.1) is 5.92 Å². The summed E-state index contributed by atoms with van der Waals surface area (Å²) in [6, 6.07) is 1.83. The van der Waals surface area contributed by atoms with Gasteiger partial charge in [0.15, 0.2) is 5.65 Å². The second-order valence-electron chi connectivity index (χ2n) is 4.97. The van der Waals surface area contributed by atoms with Gasteiger partial charge in [-0.25, -0.2) is 9.97 Å². The van der Waals surface area contributed by atoms with Gasteiger partial charge in [0.25, 0.3) is 5.91 Å². The summed E-state index contributed by atoms with van der Waals surface area (Å²) < 4.78 is 0. The molecule has 94 valence electrons. The average Bonchev–Trinajstić information content (AvgIpc) is 2.86. The zero-order chi connectivity index (χ0) is 12.5. The van der Waals surface area contributed by atoms with Crippen LogP contribution in [-0.4, -0.2) is 38.8 Å². The number of likely N-dealkylation sites (tertiary alicyclic amines) is 1. The van der Waals surface area contributed by atoms with Crippen molar-refractivity contribution in [2.45, 2.75) is 19.8 Å². The molecule has 0 aromatic carbocycles. The lowest BCUT2D eigenvalue weighted by Crippen LogP contribution is -2.37. The van der Waals surface area contributed by atoms with Crippen LogP contribution < -0.4 is 0 Å². The van der Waals surface area contributed by atoms with E-state index in [-0.39, 0.29) is 5.91 Å². The summed E-state index contributed by atoms with van der Waals surface area (Å²) in [5, 5.41) is 0. The number of piperidine rings is 1. The number of fused-ring (bicyclic) bond motifs is 1. The van der Waals surface area contributed by atoms with E-state index in [1.54, 1.807) is 12.5 Å². The van der Waals surface area contributed by atoms with Crippen molar-refractivity contribution in [3.63, 3.8) is 0 Å². The molecule has 2 aromatic heterocycles. The standard InChI is InChI=1S/C13H16N4O/c1-9-2-4-17(5-3-9)13(18)10-6-11-12(14-7-10)16-8-15-11/h6-9H,2-5H2,1H3,(H,14,15,16). The Morgan fingerprint density at radius 3 is 2.94 bits per heavy atom. The number of H-pyrrole nitrogens is 1. The van der Waals surface area contributed by atoms with E-state index in [2.05, 4.69) is 21.9 Å². The van der Waals surface area contributed by atoms with Gasteiger partial charge in [0, 0.05) is 19.3 Å². The minimum absolute atomic E-state index is 0.0749. The van der Waals surface area contributed by atoms with Crippen molar-refractivity contribution in [1.82, 2.24) is 19.9 Å². The number of imidazole rings is 1. The molecule has 5 heteroatoms. The fraction of sp³-hybridized carbons (Fsp3) is 0.462. The van der Waals surface area contributed by atoms with Crippen LogP contribution in [0.2, 0.25) is 0 Å². The Labute approximate surface area is 105 Å². The second-order valence-corrected chi connectivity index (χ2v) is 4.97. The lowest BCUT2D eigenvalue weighted by atomic mass is 9.99. The van der Waals surface area contributed by atoms with Crippen LogP contribution in [0.5, 0.6) is 0 Å². The molecule has 18 heavy (non-hydrogen) atoms. The maximum Gasteiger partial charge on any atom is 0.255 e. The van der Waals surface area contributed by atoms with Crippen molar-refractivity contribution in [3.05, 3.63) is 24.2 Å². The van der Waals surface area contributed by atoms with Gasteiger partial charge in [-0.3, -0.25) is 4.79 Å². The Morgan fingerprint density at radius 1 is 1.39 bits per heavy atom. The molecule has 0 saturated carbocycles. The monoisotopic (exact) mass is 244 g/mol. The summed E-state index contributed by atoms with van der Waals surface area (Å²) in [5.41, 5.74) is 2.10. The highest BCUT2D eigenvalue weighted by Crippen LogP contribution is 2.18. The first kappa shape index (κ1) is 11.2. The summed E-state index contributed by atoms with van der Waals surface area (Å²) in [7, 11) is 0. The molecule has 0 radical (unpaired) electrons. The highest BCUT2D eigenvalue weighted by molar-refractivity contribution is 5.96. The van der Waals surface area contributed by atoms with Gasteiger partial charge in [0.2, 0.25) is 0 Å². The van der Waals surface area contributed by atoms with Crippen LogP contribution in [-0.2, 0) is 0 Å². The topological polar surface area (TPSA) is 61.9 Å². The fourth-order valence-electron chi connectivity index (χ4n) is 2.34. The first-order valence-electron chi connectivity index (χ1n) is 6.32. The molecule has 0 aliphatic carbocycles. The predicted octanol–water partition coefficient (Wildman–Crippen LogP) is 1.83. The number of rotatable bonds is 1. The Bertz CT molecular complexity index is 569. The summed E-state index contributed by atoms with van der Waals surface area (Å²) >= 11 is 0. The van der Waals surface area contributed by atoms with Crippen LogP contribution in [0.25, 0.3) is 11.2 Å². The highest BCUT2D eigenvalue weighted by atomic mass is 16.2. The SMILES string of the molecule is CC1CCN(C(=O)c2cnc3nc[nH]c3c2)CC1. The third kappa shape index (κ3) is 1.96. The van der Waals surface area contributed by atoms with E-state index in [4.69, 9.17) is 0 Å². The molecule has 1 aliphatic rings. The number of aromatic amines is 1. The van der Waals surface area contributed by atoms with E-state index in [0.717, 1.165) is 37.4 Å². The molecule has 1 amide bonds. The summed E-state index contributed by atoms with van der Waals surface area (Å²) in [4.78, 5) is 25.5. The maximum absolute atomic E-state index is 12.3. The molecular formula is C13H16N4O. The number of aromatic nitrogens is 3. The van der Waals surface area contributed by atoms with Gasteiger partial charge in [0.05, 0.1) is 17.4 Å². The molecule has 1 N–H and O–H groups in total. The zero-order valence-electron chi connectivity index (χ0n) is 10.4. The molecule has 1 fully saturated rings. The van der Waals surface area contributed by atoms with Gasteiger partial charge in [-0.2, -0.15) is 0 Å². The predicted molar refractivity (Wildman–Crippen MR) is 68.2 cm³/mol. The van der Waals surface area contributed by atoms with Crippen molar-refractivity contribution in [1.29, 1.82) is 0 Å².